The third kappa shape index (κ3) is 4.96. The van der Waals surface area contributed by atoms with E-state index >= 15 is 0 Å². The molecule has 1 aromatic rings. The number of nitrogens with one attached hydrogen (secondary N) is 1. The van der Waals surface area contributed by atoms with Crippen LogP contribution in [0.1, 0.15) is 57.4 Å². The minimum atomic E-state index is -0.170. The summed E-state index contributed by atoms with van der Waals surface area (Å²) in [7, 11) is 0. The third-order valence-electron chi connectivity index (χ3n) is 4.67. The van der Waals surface area contributed by atoms with Crippen molar-refractivity contribution in [2.75, 3.05) is 6.54 Å². The summed E-state index contributed by atoms with van der Waals surface area (Å²) in [5, 5.41) is 4.14. The lowest BCUT2D eigenvalue weighted by atomic mass is 9.83. The molecule has 0 amide bonds. The van der Waals surface area contributed by atoms with Gasteiger partial charge in [0.1, 0.15) is 5.82 Å². The van der Waals surface area contributed by atoms with Gasteiger partial charge in [0.15, 0.2) is 0 Å². The van der Waals surface area contributed by atoms with Crippen LogP contribution in [-0.2, 0) is 6.42 Å². The maximum atomic E-state index is 14.1. The van der Waals surface area contributed by atoms with Crippen LogP contribution in [0.25, 0.3) is 0 Å². The van der Waals surface area contributed by atoms with Crippen molar-refractivity contribution < 1.29 is 4.39 Å². The summed E-state index contributed by atoms with van der Waals surface area (Å²) in [4.78, 5) is 0. The first-order chi connectivity index (χ1) is 10.2. The summed E-state index contributed by atoms with van der Waals surface area (Å²) < 4.78 is 14.1. The van der Waals surface area contributed by atoms with Gasteiger partial charge in [-0.05, 0) is 43.9 Å². The number of rotatable bonds is 5. The summed E-state index contributed by atoms with van der Waals surface area (Å²) in [5.41, 5.74) is 0.673. The highest BCUT2D eigenvalue weighted by atomic mass is 35.5. The van der Waals surface area contributed by atoms with E-state index in [1.807, 2.05) is 0 Å². The van der Waals surface area contributed by atoms with Crippen molar-refractivity contribution in [2.24, 2.45) is 5.92 Å². The zero-order valence-electron chi connectivity index (χ0n) is 13.0. The average Bonchev–Trinajstić information content (AvgIpc) is 2.42. The zero-order valence-corrected chi connectivity index (χ0v) is 13.8. The molecule has 118 valence electrons. The van der Waals surface area contributed by atoms with Crippen LogP contribution in [-0.4, -0.2) is 12.6 Å². The maximum absolute atomic E-state index is 14.1. The summed E-state index contributed by atoms with van der Waals surface area (Å²) >= 11 is 6.20. The van der Waals surface area contributed by atoms with Crippen molar-refractivity contribution in [1.29, 1.82) is 0 Å². The summed E-state index contributed by atoms with van der Waals surface area (Å²) in [6.07, 6.45) is 9.87. The Hall–Kier alpha value is -0.600. The lowest BCUT2D eigenvalue weighted by molar-refractivity contribution is 0.284. The molecule has 1 aliphatic carbocycles. The average molecular weight is 312 g/mol. The van der Waals surface area contributed by atoms with E-state index in [4.69, 9.17) is 11.6 Å². The number of hydrogen-bond acceptors (Lipinski definition) is 1. The second kappa shape index (κ2) is 8.75. The molecule has 0 bridgehead atoms. The van der Waals surface area contributed by atoms with Gasteiger partial charge in [0, 0.05) is 16.6 Å². The van der Waals surface area contributed by atoms with Crippen molar-refractivity contribution in [3.05, 3.63) is 34.6 Å². The second-order valence-electron chi connectivity index (χ2n) is 6.17. The lowest BCUT2D eigenvalue weighted by Crippen LogP contribution is -2.38. The molecule has 0 heterocycles. The van der Waals surface area contributed by atoms with Crippen LogP contribution in [0.3, 0.4) is 0 Å². The van der Waals surface area contributed by atoms with E-state index in [-0.39, 0.29) is 5.82 Å². The largest absolute Gasteiger partial charge is 0.314 e. The molecule has 0 spiro atoms. The van der Waals surface area contributed by atoms with Crippen LogP contribution in [0.2, 0.25) is 5.02 Å². The molecular weight excluding hydrogens is 285 g/mol. The molecule has 1 aliphatic rings. The Morgan fingerprint density at radius 3 is 2.48 bits per heavy atom. The van der Waals surface area contributed by atoms with Crippen LogP contribution >= 0.6 is 11.6 Å². The van der Waals surface area contributed by atoms with E-state index in [2.05, 4.69) is 12.2 Å². The first-order valence-electron chi connectivity index (χ1n) is 8.38. The Bertz CT molecular complexity index is 407. The molecule has 1 nitrogen and oxygen atoms in total. The predicted octanol–water partition coefficient (Wildman–Crippen LogP) is 5.36. The van der Waals surface area contributed by atoms with E-state index in [0.717, 1.165) is 6.54 Å². The predicted molar refractivity (Wildman–Crippen MR) is 88.4 cm³/mol. The molecule has 1 atom stereocenters. The van der Waals surface area contributed by atoms with Crippen LogP contribution < -0.4 is 5.32 Å². The fourth-order valence-electron chi connectivity index (χ4n) is 3.51. The Morgan fingerprint density at radius 2 is 1.86 bits per heavy atom. The van der Waals surface area contributed by atoms with Gasteiger partial charge in [0.2, 0.25) is 0 Å². The molecule has 1 aromatic carbocycles. The van der Waals surface area contributed by atoms with Gasteiger partial charge in [-0.3, -0.25) is 0 Å². The molecule has 0 aromatic heterocycles. The van der Waals surface area contributed by atoms with E-state index in [0.29, 0.717) is 29.0 Å². The van der Waals surface area contributed by atoms with Crippen molar-refractivity contribution in [3.8, 4) is 0 Å². The number of likely N-dealkylation sites (N-methyl/N-ethyl adjacent to an activating group) is 1. The Kier molecular flexibility index (Phi) is 6.98. The minimum absolute atomic E-state index is 0.170. The van der Waals surface area contributed by atoms with E-state index in [1.54, 1.807) is 12.1 Å². The quantitative estimate of drug-likeness (QED) is 0.772. The monoisotopic (exact) mass is 311 g/mol. The van der Waals surface area contributed by atoms with E-state index in [9.17, 15) is 4.39 Å². The molecule has 0 radical (unpaired) electrons. The van der Waals surface area contributed by atoms with Gasteiger partial charge in [-0.1, -0.05) is 56.7 Å². The number of benzene rings is 1. The highest BCUT2D eigenvalue weighted by molar-refractivity contribution is 6.31. The van der Waals surface area contributed by atoms with Crippen molar-refractivity contribution >= 4 is 11.6 Å². The number of halogens is 2. The third-order valence-corrected chi connectivity index (χ3v) is 5.03. The van der Waals surface area contributed by atoms with Gasteiger partial charge in [-0.2, -0.15) is 0 Å². The van der Waals surface area contributed by atoms with Crippen molar-refractivity contribution in [1.82, 2.24) is 5.32 Å². The first-order valence-corrected chi connectivity index (χ1v) is 8.76. The van der Waals surface area contributed by atoms with Crippen LogP contribution in [0, 0.1) is 11.7 Å². The SMILES string of the molecule is CCNC(Cc1c(F)cccc1Cl)C1CCCCCCC1. The van der Waals surface area contributed by atoms with Gasteiger partial charge in [0.25, 0.3) is 0 Å². The standard InChI is InChI=1S/C18H27ClFN/c1-2-21-18(14-9-6-4-3-5-7-10-14)13-15-16(19)11-8-12-17(15)20/h8,11-12,14,18,21H,2-7,9-10,13H2,1H3. The highest BCUT2D eigenvalue weighted by Crippen LogP contribution is 2.29. The maximum Gasteiger partial charge on any atom is 0.127 e. The van der Waals surface area contributed by atoms with Crippen LogP contribution in [0.4, 0.5) is 4.39 Å². The topological polar surface area (TPSA) is 12.0 Å². The molecule has 1 saturated carbocycles. The highest BCUT2D eigenvalue weighted by Gasteiger charge is 2.23. The molecule has 0 aliphatic heterocycles. The van der Waals surface area contributed by atoms with Gasteiger partial charge in [-0.25, -0.2) is 4.39 Å². The summed E-state index contributed by atoms with van der Waals surface area (Å²) in [5.74, 6) is 0.470. The molecule has 21 heavy (non-hydrogen) atoms. The molecular formula is C18H27ClFN. The van der Waals surface area contributed by atoms with Gasteiger partial charge >= 0.3 is 0 Å². The lowest BCUT2D eigenvalue weighted by Gasteiger charge is -2.30. The second-order valence-corrected chi connectivity index (χ2v) is 6.58. The fourth-order valence-corrected chi connectivity index (χ4v) is 3.75. The van der Waals surface area contributed by atoms with Crippen molar-refractivity contribution in [2.45, 2.75) is 64.3 Å². The zero-order chi connectivity index (χ0) is 15.1. The van der Waals surface area contributed by atoms with E-state index < -0.39 is 0 Å². The Morgan fingerprint density at radius 1 is 1.19 bits per heavy atom. The molecule has 1 unspecified atom stereocenters. The molecule has 0 saturated heterocycles. The van der Waals surface area contributed by atoms with Gasteiger partial charge in [-0.15, -0.1) is 0 Å². The molecule has 2 rings (SSSR count). The Labute approximate surface area is 133 Å². The Balaban J connectivity index is 2.10. The van der Waals surface area contributed by atoms with E-state index in [1.165, 1.54) is 51.0 Å². The van der Waals surface area contributed by atoms with Crippen LogP contribution in [0.5, 0.6) is 0 Å². The number of hydrogen-bond donors (Lipinski definition) is 1. The van der Waals surface area contributed by atoms with Gasteiger partial charge in [0.05, 0.1) is 0 Å². The van der Waals surface area contributed by atoms with Gasteiger partial charge < -0.3 is 5.32 Å². The normalized spacial score (nSPS) is 19.0. The van der Waals surface area contributed by atoms with Crippen molar-refractivity contribution in [3.63, 3.8) is 0 Å². The smallest absolute Gasteiger partial charge is 0.127 e. The van der Waals surface area contributed by atoms with Crippen LogP contribution in [0.15, 0.2) is 18.2 Å². The fraction of sp³-hybridized carbons (Fsp3) is 0.667. The molecule has 1 fully saturated rings. The molecule has 3 heteroatoms. The summed E-state index contributed by atoms with van der Waals surface area (Å²) in [6.45, 7) is 3.05. The molecule has 1 N–H and O–H groups in total. The summed E-state index contributed by atoms with van der Waals surface area (Å²) in [6, 6.07) is 5.32. The minimum Gasteiger partial charge on any atom is -0.314 e. The first kappa shape index (κ1) is 16.8.